The number of esters is 3. The van der Waals surface area contributed by atoms with Crippen LogP contribution in [-0.2, 0) is 28.6 Å². The van der Waals surface area contributed by atoms with Crippen molar-refractivity contribution in [1.29, 1.82) is 0 Å². The fraction of sp³-hybridized carbons (Fsp3) is 0.704. The van der Waals surface area contributed by atoms with Crippen molar-refractivity contribution in [1.82, 2.24) is 0 Å². The van der Waals surface area contributed by atoms with Crippen molar-refractivity contribution >= 4 is 17.9 Å². The molecule has 0 N–H and O–H groups in total. The summed E-state index contributed by atoms with van der Waals surface area (Å²) in [6.45, 7) is 6.50. The van der Waals surface area contributed by atoms with Crippen LogP contribution in [-0.4, -0.2) is 37.2 Å². The molecule has 0 aliphatic rings. The Labute approximate surface area is 476 Å². The summed E-state index contributed by atoms with van der Waals surface area (Å²) < 4.78 is 16.9. The first-order valence-corrected chi connectivity index (χ1v) is 32.4. The molecule has 0 aromatic rings. The van der Waals surface area contributed by atoms with E-state index in [1.807, 2.05) is 0 Å². The highest BCUT2D eigenvalue weighted by Gasteiger charge is 2.19. The molecule has 6 heteroatoms. The van der Waals surface area contributed by atoms with Gasteiger partial charge >= 0.3 is 17.9 Å². The number of hydrogen-bond acceptors (Lipinski definition) is 6. The van der Waals surface area contributed by atoms with Gasteiger partial charge in [-0.05, 0) is 109 Å². The van der Waals surface area contributed by atoms with Crippen molar-refractivity contribution < 1.29 is 28.6 Å². The molecule has 77 heavy (non-hydrogen) atoms. The third-order valence-electron chi connectivity index (χ3n) is 13.8. The molecule has 0 bridgehead atoms. The minimum atomic E-state index is -0.799. The van der Waals surface area contributed by atoms with E-state index in [1.165, 1.54) is 128 Å². The fourth-order valence-corrected chi connectivity index (χ4v) is 8.92. The molecule has 0 spiro atoms. The van der Waals surface area contributed by atoms with Crippen LogP contribution in [0.15, 0.2) is 109 Å². The molecule has 0 rings (SSSR count). The Bertz CT molecular complexity index is 1560. The molecule has 0 aromatic heterocycles. The maximum atomic E-state index is 12.9. The van der Waals surface area contributed by atoms with Gasteiger partial charge in [0.15, 0.2) is 6.10 Å². The number of allylic oxidation sites excluding steroid dienone is 18. The first-order valence-electron chi connectivity index (χ1n) is 32.4. The molecule has 0 amide bonds. The summed E-state index contributed by atoms with van der Waals surface area (Å²) in [5.74, 6) is -0.931. The Hall–Kier alpha value is -3.93. The standard InChI is InChI=1S/C71H120O6/c1-4-7-10-13-16-19-22-25-28-31-33-34-35-36-37-38-39-41-43-46-49-52-55-58-61-64-70(73)76-67-68(66-75-69(72)63-60-57-54-51-48-45-42-30-27-24-21-18-15-12-9-6-3)77-71(74)65-62-59-56-53-50-47-44-40-32-29-26-23-20-17-14-11-8-5-2/h7,10,16,19,21,24-25,28,30,33-34,36-37,39,41-42,46,49,68H,4-6,8-9,11-15,17-18,20,22-23,26-27,29,31-32,35,38,40,43-45,47-48,50-67H2,1-3H3/b10-7-,19-16-,24-21-,28-25-,34-33-,37-36-,41-39-,42-30-,49-46-. The van der Waals surface area contributed by atoms with Gasteiger partial charge in [0.1, 0.15) is 13.2 Å². The molecule has 0 heterocycles. The third-order valence-corrected chi connectivity index (χ3v) is 13.8. The van der Waals surface area contributed by atoms with Gasteiger partial charge in [0, 0.05) is 19.3 Å². The van der Waals surface area contributed by atoms with E-state index in [4.69, 9.17) is 14.2 Å². The molecule has 0 saturated heterocycles. The van der Waals surface area contributed by atoms with Crippen molar-refractivity contribution in [2.45, 2.75) is 309 Å². The second-order valence-corrected chi connectivity index (χ2v) is 21.3. The van der Waals surface area contributed by atoms with Crippen molar-refractivity contribution in [3.63, 3.8) is 0 Å². The zero-order valence-corrected chi connectivity index (χ0v) is 50.4. The zero-order chi connectivity index (χ0) is 55.7. The van der Waals surface area contributed by atoms with E-state index in [-0.39, 0.29) is 31.1 Å². The number of carbonyl (C=O) groups excluding carboxylic acids is 3. The van der Waals surface area contributed by atoms with Gasteiger partial charge in [0.05, 0.1) is 0 Å². The second-order valence-electron chi connectivity index (χ2n) is 21.3. The van der Waals surface area contributed by atoms with Crippen LogP contribution >= 0.6 is 0 Å². The molecular weight excluding hydrogens is 949 g/mol. The highest BCUT2D eigenvalue weighted by Crippen LogP contribution is 2.16. The minimum absolute atomic E-state index is 0.0950. The number of hydrogen-bond donors (Lipinski definition) is 0. The molecule has 1 unspecified atom stereocenters. The molecule has 0 aliphatic heterocycles. The Kier molecular flexibility index (Phi) is 61.3. The van der Waals surface area contributed by atoms with Crippen molar-refractivity contribution in [3.8, 4) is 0 Å². The van der Waals surface area contributed by atoms with E-state index < -0.39 is 6.10 Å². The Balaban J connectivity index is 4.45. The SMILES string of the molecule is CC/C=C\C/C=C\C/C=C\C/C=C\C/C=C\C/C=C\C/C=C\CCCCCC(=O)OCC(COC(=O)CCCCCCC/C=C\C/C=C\CCCCCC)OC(=O)CCCCCCCCCCCCCCCCCCCC. The maximum absolute atomic E-state index is 12.9. The summed E-state index contributed by atoms with van der Waals surface area (Å²) in [4.78, 5) is 38.3. The fourth-order valence-electron chi connectivity index (χ4n) is 8.92. The lowest BCUT2D eigenvalue weighted by Gasteiger charge is -2.18. The van der Waals surface area contributed by atoms with Gasteiger partial charge in [0.2, 0.25) is 0 Å². The largest absolute Gasteiger partial charge is 0.462 e. The molecule has 0 radical (unpaired) electrons. The molecule has 0 saturated carbocycles. The predicted octanol–water partition coefficient (Wildman–Crippen LogP) is 22.2. The average Bonchev–Trinajstić information content (AvgIpc) is 3.43. The van der Waals surface area contributed by atoms with Crippen LogP contribution in [0.2, 0.25) is 0 Å². The lowest BCUT2D eigenvalue weighted by Crippen LogP contribution is -2.30. The Morgan fingerprint density at radius 3 is 0.818 bits per heavy atom. The Morgan fingerprint density at radius 1 is 0.273 bits per heavy atom. The molecule has 0 aliphatic carbocycles. The van der Waals surface area contributed by atoms with Crippen molar-refractivity contribution in [2.24, 2.45) is 0 Å². The topological polar surface area (TPSA) is 78.9 Å². The summed E-state index contributed by atoms with van der Waals surface area (Å²) in [6, 6.07) is 0. The van der Waals surface area contributed by atoms with Crippen LogP contribution in [0, 0.1) is 0 Å². The highest BCUT2D eigenvalue weighted by molar-refractivity contribution is 5.71. The highest BCUT2D eigenvalue weighted by atomic mass is 16.6. The maximum Gasteiger partial charge on any atom is 0.306 e. The van der Waals surface area contributed by atoms with Gasteiger partial charge in [0.25, 0.3) is 0 Å². The van der Waals surface area contributed by atoms with Crippen LogP contribution in [0.4, 0.5) is 0 Å². The third kappa shape index (κ3) is 62.8. The van der Waals surface area contributed by atoms with Gasteiger partial charge in [-0.3, -0.25) is 14.4 Å². The van der Waals surface area contributed by atoms with Gasteiger partial charge in [-0.2, -0.15) is 0 Å². The monoisotopic (exact) mass is 1070 g/mol. The van der Waals surface area contributed by atoms with Crippen LogP contribution in [0.1, 0.15) is 303 Å². The normalized spacial score (nSPS) is 12.8. The summed E-state index contributed by atoms with van der Waals surface area (Å²) in [5, 5.41) is 0. The molecule has 6 nitrogen and oxygen atoms in total. The van der Waals surface area contributed by atoms with E-state index in [2.05, 4.69) is 130 Å². The van der Waals surface area contributed by atoms with E-state index >= 15 is 0 Å². The smallest absolute Gasteiger partial charge is 0.306 e. The van der Waals surface area contributed by atoms with Gasteiger partial charge in [-0.1, -0.05) is 284 Å². The van der Waals surface area contributed by atoms with Gasteiger partial charge in [-0.15, -0.1) is 0 Å². The van der Waals surface area contributed by atoms with Crippen LogP contribution < -0.4 is 0 Å². The van der Waals surface area contributed by atoms with Gasteiger partial charge < -0.3 is 14.2 Å². The minimum Gasteiger partial charge on any atom is -0.462 e. The second kappa shape index (κ2) is 64.6. The lowest BCUT2D eigenvalue weighted by atomic mass is 10.0. The number of carbonyl (C=O) groups is 3. The first-order chi connectivity index (χ1) is 38.0. The van der Waals surface area contributed by atoms with E-state index in [0.29, 0.717) is 19.3 Å². The molecule has 1 atom stereocenters. The van der Waals surface area contributed by atoms with E-state index in [9.17, 15) is 14.4 Å². The zero-order valence-electron chi connectivity index (χ0n) is 50.4. The molecule has 440 valence electrons. The Morgan fingerprint density at radius 2 is 0.506 bits per heavy atom. The van der Waals surface area contributed by atoms with E-state index in [0.717, 1.165) is 135 Å². The first kappa shape index (κ1) is 73.1. The quantitative estimate of drug-likeness (QED) is 0.0261. The van der Waals surface area contributed by atoms with Gasteiger partial charge in [-0.25, -0.2) is 0 Å². The summed E-state index contributed by atoms with van der Waals surface area (Å²) in [6.07, 6.45) is 88.0. The molecular formula is C71H120O6. The molecule has 0 fully saturated rings. The van der Waals surface area contributed by atoms with E-state index in [1.54, 1.807) is 0 Å². The predicted molar refractivity (Wildman–Crippen MR) is 334 cm³/mol. The van der Waals surface area contributed by atoms with Crippen LogP contribution in [0.3, 0.4) is 0 Å². The van der Waals surface area contributed by atoms with Crippen molar-refractivity contribution in [3.05, 3.63) is 109 Å². The van der Waals surface area contributed by atoms with Crippen LogP contribution in [0.5, 0.6) is 0 Å². The number of ether oxygens (including phenoxy) is 3. The van der Waals surface area contributed by atoms with Crippen molar-refractivity contribution in [2.75, 3.05) is 13.2 Å². The average molecular weight is 1070 g/mol. The number of unbranched alkanes of at least 4 members (excludes halogenated alkanes) is 29. The summed E-state index contributed by atoms with van der Waals surface area (Å²) in [5.41, 5.74) is 0. The lowest BCUT2D eigenvalue weighted by molar-refractivity contribution is -0.167. The summed E-state index contributed by atoms with van der Waals surface area (Å²) in [7, 11) is 0. The summed E-state index contributed by atoms with van der Waals surface area (Å²) >= 11 is 0. The molecule has 0 aromatic carbocycles. The van der Waals surface area contributed by atoms with Crippen LogP contribution in [0.25, 0.3) is 0 Å². The number of rotatable bonds is 58.